The first-order valence-corrected chi connectivity index (χ1v) is 4.38. The third-order valence-corrected chi connectivity index (χ3v) is 1.77. The summed E-state index contributed by atoms with van der Waals surface area (Å²) in [6.45, 7) is 6.18. The summed E-state index contributed by atoms with van der Waals surface area (Å²) in [5.41, 5.74) is 0. The number of Topliss-reactive ketones (excluding diaryl/α,β-unsaturated/α-hetero) is 1. The largest absolute Gasteiger partial charge is 0.481 e. The molecular weight excluding hydrogens is 170 g/mol. The van der Waals surface area contributed by atoms with Gasteiger partial charge in [0.1, 0.15) is 5.78 Å². The molecule has 0 aliphatic heterocycles. The second-order valence-corrected chi connectivity index (χ2v) is 3.41. The van der Waals surface area contributed by atoms with E-state index in [1.807, 2.05) is 18.7 Å². The molecule has 0 saturated carbocycles. The molecule has 0 radical (unpaired) electrons. The van der Waals surface area contributed by atoms with E-state index in [9.17, 15) is 9.59 Å². The summed E-state index contributed by atoms with van der Waals surface area (Å²) in [6, 6.07) is 0.211. The molecule has 0 rings (SSSR count). The van der Waals surface area contributed by atoms with Crippen molar-refractivity contribution in [2.75, 3.05) is 13.1 Å². The van der Waals surface area contributed by atoms with Gasteiger partial charge < -0.3 is 5.11 Å². The number of carboxylic acid groups (broad SMARTS) is 1. The first-order chi connectivity index (χ1) is 5.93. The fourth-order valence-electron chi connectivity index (χ4n) is 1.05. The highest BCUT2D eigenvalue weighted by Crippen LogP contribution is 1.99. The van der Waals surface area contributed by atoms with Gasteiger partial charge in [0.2, 0.25) is 0 Å². The average molecular weight is 187 g/mol. The number of hydrogen-bond donors (Lipinski definition) is 1. The van der Waals surface area contributed by atoms with Crippen molar-refractivity contribution in [2.45, 2.75) is 33.2 Å². The Bertz CT molecular complexity index is 189. The lowest BCUT2D eigenvalue weighted by atomic mass is 10.2. The highest BCUT2D eigenvalue weighted by Gasteiger charge is 2.12. The SMILES string of the molecule is CC(=O)CN(CCC(=O)O)C(C)C. The summed E-state index contributed by atoms with van der Waals surface area (Å²) in [4.78, 5) is 23.0. The van der Waals surface area contributed by atoms with Crippen molar-refractivity contribution in [1.29, 1.82) is 0 Å². The Kier molecular flexibility index (Phi) is 5.30. The fourth-order valence-corrected chi connectivity index (χ4v) is 1.05. The van der Waals surface area contributed by atoms with Crippen LogP contribution in [0.25, 0.3) is 0 Å². The molecule has 0 atom stereocenters. The van der Waals surface area contributed by atoms with E-state index in [0.717, 1.165) is 0 Å². The van der Waals surface area contributed by atoms with E-state index in [2.05, 4.69) is 0 Å². The number of nitrogens with zero attached hydrogens (tertiary/aromatic N) is 1. The number of hydrogen-bond acceptors (Lipinski definition) is 3. The van der Waals surface area contributed by atoms with Crippen LogP contribution in [0.3, 0.4) is 0 Å². The molecule has 0 heterocycles. The van der Waals surface area contributed by atoms with Crippen LogP contribution in [0, 0.1) is 0 Å². The standard InChI is InChI=1S/C9H17NO3/c1-7(2)10(6-8(3)11)5-4-9(12)13/h7H,4-6H2,1-3H3,(H,12,13). The van der Waals surface area contributed by atoms with Crippen LogP contribution in [0.4, 0.5) is 0 Å². The van der Waals surface area contributed by atoms with Crippen LogP contribution in [0.2, 0.25) is 0 Å². The van der Waals surface area contributed by atoms with E-state index in [-0.39, 0.29) is 18.2 Å². The number of rotatable bonds is 6. The Balaban J connectivity index is 3.95. The van der Waals surface area contributed by atoms with Gasteiger partial charge in [0.15, 0.2) is 0 Å². The summed E-state index contributed by atoms with van der Waals surface area (Å²) >= 11 is 0. The predicted octanol–water partition coefficient (Wildman–Crippen LogP) is 0.760. The predicted molar refractivity (Wildman–Crippen MR) is 49.6 cm³/mol. The topological polar surface area (TPSA) is 57.6 Å². The van der Waals surface area contributed by atoms with Gasteiger partial charge in [-0.3, -0.25) is 14.5 Å². The molecule has 0 unspecified atom stereocenters. The zero-order valence-electron chi connectivity index (χ0n) is 8.41. The zero-order valence-corrected chi connectivity index (χ0v) is 8.41. The summed E-state index contributed by atoms with van der Waals surface area (Å²) in [6.07, 6.45) is 0.0887. The van der Waals surface area contributed by atoms with Crippen LogP contribution >= 0.6 is 0 Å². The average Bonchev–Trinajstić information content (AvgIpc) is 1.96. The molecule has 0 fully saturated rings. The first-order valence-electron chi connectivity index (χ1n) is 4.38. The quantitative estimate of drug-likeness (QED) is 0.667. The fraction of sp³-hybridized carbons (Fsp3) is 0.778. The molecule has 0 aliphatic rings. The number of carboxylic acids is 1. The van der Waals surface area contributed by atoms with Crippen molar-refractivity contribution in [3.05, 3.63) is 0 Å². The summed E-state index contributed by atoms with van der Waals surface area (Å²) in [5, 5.41) is 8.47. The number of ketones is 1. The van der Waals surface area contributed by atoms with E-state index in [4.69, 9.17) is 5.11 Å². The van der Waals surface area contributed by atoms with Crippen molar-refractivity contribution in [2.24, 2.45) is 0 Å². The van der Waals surface area contributed by atoms with Gasteiger partial charge in [0.25, 0.3) is 0 Å². The Morgan fingerprint density at radius 2 is 1.92 bits per heavy atom. The third-order valence-electron chi connectivity index (χ3n) is 1.77. The van der Waals surface area contributed by atoms with Crippen molar-refractivity contribution < 1.29 is 14.7 Å². The second kappa shape index (κ2) is 5.70. The Labute approximate surface area is 78.5 Å². The van der Waals surface area contributed by atoms with Gasteiger partial charge >= 0.3 is 5.97 Å². The van der Waals surface area contributed by atoms with Crippen LogP contribution in [0.5, 0.6) is 0 Å². The first kappa shape index (κ1) is 12.1. The van der Waals surface area contributed by atoms with Gasteiger partial charge in [-0.25, -0.2) is 0 Å². The van der Waals surface area contributed by atoms with Crippen LogP contribution < -0.4 is 0 Å². The number of carbonyl (C=O) groups is 2. The maximum atomic E-state index is 10.8. The molecule has 4 nitrogen and oxygen atoms in total. The highest BCUT2D eigenvalue weighted by atomic mass is 16.4. The van der Waals surface area contributed by atoms with Gasteiger partial charge in [-0.15, -0.1) is 0 Å². The van der Waals surface area contributed by atoms with Gasteiger partial charge in [-0.05, 0) is 20.8 Å². The summed E-state index contributed by atoms with van der Waals surface area (Å²) in [5.74, 6) is -0.756. The lowest BCUT2D eigenvalue weighted by Crippen LogP contribution is -2.36. The Hall–Kier alpha value is -0.900. The molecule has 0 saturated heterocycles. The Morgan fingerprint density at radius 3 is 2.23 bits per heavy atom. The number of carbonyl (C=O) groups excluding carboxylic acids is 1. The lowest BCUT2D eigenvalue weighted by Gasteiger charge is -2.24. The minimum absolute atomic E-state index is 0.0686. The van der Waals surface area contributed by atoms with Gasteiger partial charge in [-0.1, -0.05) is 0 Å². The molecule has 1 N–H and O–H groups in total. The minimum Gasteiger partial charge on any atom is -0.481 e. The lowest BCUT2D eigenvalue weighted by molar-refractivity contribution is -0.137. The van der Waals surface area contributed by atoms with Crippen LogP contribution in [0.15, 0.2) is 0 Å². The van der Waals surface area contributed by atoms with Crippen LogP contribution in [0.1, 0.15) is 27.2 Å². The van der Waals surface area contributed by atoms with Gasteiger partial charge in [0.05, 0.1) is 13.0 Å². The third kappa shape index (κ3) is 6.28. The van der Waals surface area contributed by atoms with Crippen molar-refractivity contribution in [3.63, 3.8) is 0 Å². The van der Waals surface area contributed by atoms with E-state index >= 15 is 0 Å². The molecule has 13 heavy (non-hydrogen) atoms. The molecule has 0 aromatic carbocycles. The molecule has 0 aliphatic carbocycles. The van der Waals surface area contributed by atoms with Crippen molar-refractivity contribution in [3.8, 4) is 0 Å². The van der Waals surface area contributed by atoms with Crippen LogP contribution in [-0.4, -0.2) is 40.9 Å². The van der Waals surface area contributed by atoms with E-state index in [1.54, 1.807) is 0 Å². The summed E-state index contributed by atoms with van der Waals surface area (Å²) < 4.78 is 0. The minimum atomic E-state index is -0.825. The maximum Gasteiger partial charge on any atom is 0.304 e. The maximum absolute atomic E-state index is 10.8. The van der Waals surface area contributed by atoms with E-state index < -0.39 is 5.97 Å². The molecule has 0 bridgehead atoms. The normalized spacial score (nSPS) is 10.8. The van der Waals surface area contributed by atoms with Crippen molar-refractivity contribution in [1.82, 2.24) is 4.90 Å². The molecule has 76 valence electrons. The number of aliphatic carboxylic acids is 1. The van der Waals surface area contributed by atoms with Crippen LogP contribution in [-0.2, 0) is 9.59 Å². The second-order valence-electron chi connectivity index (χ2n) is 3.41. The molecular formula is C9H17NO3. The summed E-state index contributed by atoms with van der Waals surface area (Å²) in [7, 11) is 0. The monoisotopic (exact) mass is 187 g/mol. The molecule has 0 amide bonds. The van der Waals surface area contributed by atoms with Gasteiger partial charge in [0, 0.05) is 12.6 Å². The Morgan fingerprint density at radius 1 is 1.38 bits per heavy atom. The van der Waals surface area contributed by atoms with E-state index in [1.165, 1.54) is 6.92 Å². The van der Waals surface area contributed by atoms with Gasteiger partial charge in [-0.2, -0.15) is 0 Å². The van der Waals surface area contributed by atoms with E-state index in [0.29, 0.717) is 13.1 Å². The molecule has 0 spiro atoms. The van der Waals surface area contributed by atoms with Crippen molar-refractivity contribution >= 4 is 11.8 Å². The molecule has 4 heteroatoms. The zero-order chi connectivity index (χ0) is 10.4. The smallest absolute Gasteiger partial charge is 0.304 e. The molecule has 0 aromatic heterocycles. The highest BCUT2D eigenvalue weighted by molar-refractivity contribution is 5.77. The molecule has 0 aromatic rings.